The maximum Gasteiger partial charge on any atom is 0.170 e. The fraction of sp³-hybridized carbons (Fsp3) is 0.190. The summed E-state index contributed by atoms with van der Waals surface area (Å²) in [6.45, 7) is 3.33. The molecule has 3 rings (SSSR count). The highest BCUT2D eigenvalue weighted by molar-refractivity contribution is 7.80. The van der Waals surface area contributed by atoms with Crippen LogP contribution in [0.5, 0.6) is 5.75 Å². The molecule has 0 aromatic heterocycles. The van der Waals surface area contributed by atoms with E-state index in [1.165, 1.54) is 16.3 Å². The molecule has 3 aromatic carbocycles. The molecule has 3 nitrogen and oxygen atoms in total. The summed E-state index contributed by atoms with van der Waals surface area (Å²) in [5.74, 6) is 0.871. The maximum absolute atomic E-state index is 5.81. The third-order valence-corrected chi connectivity index (χ3v) is 4.27. The molecule has 0 saturated heterocycles. The van der Waals surface area contributed by atoms with Gasteiger partial charge in [0.1, 0.15) is 12.4 Å². The van der Waals surface area contributed by atoms with Gasteiger partial charge in [0.25, 0.3) is 0 Å². The van der Waals surface area contributed by atoms with Crippen LogP contribution in [0.15, 0.2) is 66.7 Å². The molecule has 0 aliphatic heterocycles. The van der Waals surface area contributed by atoms with Crippen molar-refractivity contribution < 1.29 is 4.74 Å². The average molecular weight is 350 g/mol. The molecular formula is C21H22N2OS. The van der Waals surface area contributed by atoms with Crippen LogP contribution in [0.2, 0.25) is 0 Å². The zero-order valence-electron chi connectivity index (χ0n) is 14.3. The van der Waals surface area contributed by atoms with Gasteiger partial charge in [-0.1, -0.05) is 55.5 Å². The lowest BCUT2D eigenvalue weighted by Crippen LogP contribution is -2.32. The van der Waals surface area contributed by atoms with Gasteiger partial charge in [0.15, 0.2) is 5.11 Å². The number of rotatable bonds is 6. The zero-order valence-corrected chi connectivity index (χ0v) is 15.1. The molecule has 3 aromatic rings. The highest BCUT2D eigenvalue weighted by Gasteiger charge is 2.02. The SMILES string of the molecule is CCc1ccccc1NC(=S)NCCOc1ccc2ccccc2c1. The lowest BCUT2D eigenvalue weighted by Gasteiger charge is -2.14. The van der Waals surface area contributed by atoms with Crippen molar-refractivity contribution in [3.8, 4) is 5.75 Å². The molecule has 2 N–H and O–H groups in total. The van der Waals surface area contributed by atoms with Crippen LogP contribution >= 0.6 is 12.2 Å². The molecule has 0 aliphatic rings. The molecular weight excluding hydrogens is 328 g/mol. The summed E-state index contributed by atoms with van der Waals surface area (Å²) in [6, 6.07) is 22.6. The van der Waals surface area contributed by atoms with E-state index in [0.717, 1.165) is 17.9 Å². The topological polar surface area (TPSA) is 33.3 Å². The van der Waals surface area contributed by atoms with Crippen LogP contribution in [-0.4, -0.2) is 18.3 Å². The molecule has 0 amide bonds. The Kier molecular flexibility index (Phi) is 5.86. The predicted octanol–water partition coefficient (Wildman–Crippen LogP) is 4.77. The normalized spacial score (nSPS) is 10.4. The molecule has 4 heteroatoms. The first-order valence-electron chi connectivity index (χ1n) is 8.50. The van der Waals surface area contributed by atoms with Crippen LogP contribution < -0.4 is 15.4 Å². The summed E-state index contributed by atoms with van der Waals surface area (Å²) in [4.78, 5) is 0. The van der Waals surface area contributed by atoms with Crippen LogP contribution in [0.3, 0.4) is 0 Å². The van der Waals surface area contributed by atoms with E-state index < -0.39 is 0 Å². The van der Waals surface area contributed by atoms with Gasteiger partial charge in [-0.05, 0) is 53.2 Å². The summed E-state index contributed by atoms with van der Waals surface area (Å²) in [7, 11) is 0. The van der Waals surface area contributed by atoms with Gasteiger partial charge in [-0.3, -0.25) is 0 Å². The van der Waals surface area contributed by atoms with Gasteiger partial charge < -0.3 is 15.4 Å². The summed E-state index contributed by atoms with van der Waals surface area (Å²) in [5, 5.41) is 9.45. The molecule has 0 aliphatic carbocycles. The Bertz CT molecular complexity index is 863. The minimum absolute atomic E-state index is 0.551. The van der Waals surface area contributed by atoms with E-state index in [2.05, 4.69) is 47.9 Å². The number of para-hydroxylation sites is 1. The molecule has 0 saturated carbocycles. The number of nitrogens with one attached hydrogen (secondary N) is 2. The van der Waals surface area contributed by atoms with Gasteiger partial charge in [0, 0.05) is 5.69 Å². The number of ether oxygens (including phenoxy) is 1. The molecule has 0 heterocycles. The smallest absolute Gasteiger partial charge is 0.170 e. The highest BCUT2D eigenvalue weighted by Crippen LogP contribution is 2.20. The van der Waals surface area contributed by atoms with Crippen molar-refractivity contribution in [1.82, 2.24) is 5.32 Å². The maximum atomic E-state index is 5.81. The van der Waals surface area contributed by atoms with Gasteiger partial charge >= 0.3 is 0 Å². The van der Waals surface area contributed by atoms with Crippen molar-refractivity contribution in [2.24, 2.45) is 0 Å². The number of thiocarbonyl (C=S) groups is 1. The van der Waals surface area contributed by atoms with E-state index in [1.54, 1.807) is 0 Å². The zero-order chi connectivity index (χ0) is 17.5. The molecule has 0 bridgehead atoms. The second-order valence-electron chi connectivity index (χ2n) is 5.75. The summed E-state index contributed by atoms with van der Waals surface area (Å²) in [5.41, 5.74) is 2.30. The third kappa shape index (κ3) is 4.70. The summed E-state index contributed by atoms with van der Waals surface area (Å²) < 4.78 is 5.81. The number of fused-ring (bicyclic) bond motifs is 1. The molecule has 0 radical (unpaired) electrons. The first kappa shape index (κ1) is 17.2. The van der Waals surface area contributed by atoms with E-state index in [1.807, 2.05) is 36.4 Å². The van der Waals surface area contributed by atoms with Crippen LogP contribution in [-0.2, 0) is 6.42 Å². The molecule has 128 valence electrons. The molecule has 0 spiro atoms. The number of hydrogen-bond donors (Lipinski definition) is 2. The van der Waals surface area contributed by atoms with Crippen molar-refractivity contribution in [2.45, 2.75) is 13.3 Å². The van der Waals surface area contributed by atoms with Gasteiger partial charge in [0.05, 0.1) is 6.54 Å². The van der Waals surface area contributed by atoms with Crippen molar-refractivity contribution in [1.29, 1.82) is 0 Å². The number of hydrogen-bond acceptors (Lipinski definition) is 2. The molecule has 0 unspecified atom stereocenters. The second-order valence-corrected chi connectivity index (χ2v) is 6.16. The van der Waals surface area contributed by atoms with Gasteiger partial charge in [-0.15, -0.1) is 0 Å². The number of aryl methyl sites for hydroxylation is 1. The van der Waals surface area contributed by atoms with E-state index in [4.69, 9.17) is 17.0 Å². The van der Waals surface area contributed by atoms with Crippen LogP contribution in [0, 0.1) is 0 Å². The molecule has 25 heavy (non-hydrogen) atoms. The summed E-state index contributed by atoms with van der Waals surface area (Å²) in [6.07, 6.45) is 0.969. The number of benzene rings is 3. The van der Waals surface area contributed by atoms with Crippen LogP contribution in [0.4, 0.5) is 5.69 Å². The van der Waals surface area contributed by atoms with Crippen molar-refractivity contribution in [2.75, 3.05) is 18.5 Å². The summed E-state index contributed by atoms with van der Waals surface area (Å²) >= 11 is 5.36. The van der Waals surface area contributed by atoms with Crippen molar-refractivity contribution >= 4 is 33.8 Å². The quantitative estimate of drug-likeness (QED) is 0.496. The third-order valence-electron chi connectivity index (χ3n) is 4.02. The minimum Gasteiger partial charge on any atom is -0.492 e. The number of anilines is 1. The first-order valence-corrected chi connectivity index (χ1v) is 8.91. The minimum atomic E-state index is 0.551. The Balaban J connectivity index is 1.46. The van der Waals surface area contributed by atoms with Crippen LogP contribution in [0.1, 0.15) is 12.5 Å². The fourth-order valence-electron chi connectivity index (χ4n) is 2.71. The molecule has 0 fully saturated rings. The Morgan fingerprint density at radius 3 is 2.56 bits per heavy atom. The lowest BCUT2D eigenvalue weighted by atomic mass is 10.1. The Labute approximate surface area is 154 Å². The standard InChI is InChI=1S/C21H22N2OS/c1-2-16-7-5-6-10-20(16)23-21(25)22-13-14-24-19-12-11-17-8-3-4-9-18(17)15-19/h3-12,15H,2,13-14H2,1H3,(H2,22,23,25). The lowest BCUT2D eigenvalue weighted by molar-refractivity contribution is 0.323. The van der Waals surface area contributed by atoms with E-state index in [9.17, 15) is 0 Å². The highest BCUT2D eigenvalue weighted by atomic mass is 32.1. The van der Waals surface area contributed by atoms with Gasteiger partial charge in [0.2, 0.25) is 0 Å². The monoisotopic (exact) mass is 350 g/mol. The van der Waals surface area contributed by atoms with Crippen molar-refractivity contribution in [3.05, 3.63) is 72.3 Å². The van der Waals surface area contributed by atoms with E-state index in [0.29, 0.717) is 18.3 Å². The van der Waals surface area contributed by atoms with Gasteiger partial charge in [-0.25, -0.2) is 0 Å². The largest absolute Gasteiger partial charge is 0.492 e. The predicted molar refractivity (Wildman–Crippen MR) is 109 cm³/mol. The van der Waals surface area contributed by atoms with Crippen LogP contribution in [0.25, 0.3) is 10.8 Å². The first-order chi connectivity index (χ1) is 12.3. The fourth-order valence-corrected chi connectivity index (χ4v) is 2.92. The van der Waals surface area contributed by atoms with Crippen molar-refractivity contribution in [3.63, 3.8) is 0 Å². The molecule has 0 atom stereocenters. The second kappa shape index (κ2) is 8.49. The average Bonchev–Trinajstić information content (AvgIpc) is 2.65. The van der Waals surface area contributed by atoms with Gasteiger partial charge in [-0.2, -0.15) is 0 Å². The Morgan fingerprint density at radius 1 is 0.960 bits per heavy atom. The van der Waals surface area contributed by atoms with E-state index in [-0.39, 0.29) is 0 Å². The Hall–Kier alpha value is -2.59. The Morgan fingerprint density at radius 2 is 1.72 bits per heavy atom. The van der Waals surface area contributed by atoms with E-state index >= 15 is 0 Å².